The number of hydrogen-bond donors (Lipinski definition) is 1. The van der Waals surface area contributed by atoms with Crippen molar-refractivity contribution in [2.45, 2.75) is 6.54 Å². The van der Waals surface area contributed by atoms with Crippen LogP contribution in [-0.4, -0.2) is 36.2 Å². The zero-order valence-corrected chi connectivity index (χ0v) is 17.1. The minimum Gasteiger partial charge on any atom is -0.494 e. The van der Waals surface area contributed by atoms with E-state index in [9.17, 15) is 4.39 Å². The molecular formula is C23H22FN5O. The Kier molecular flexibility index (Phi) is 5.43. The van der Waals surface area contributed by atoms with Gasteiger partial charge >= 0.3 is 0 Å². The number of nitrogens with zero attached hydrogens (tertiary/aromatic N) is 4. The molecule has 1 N–H and O–H groups in total. The van der Waals surface area contributed by atoms with Crippen LogP contribution in [-0.2, 0) is 6.54 Å². The summed E-state index contributed by atoms with van der Waals surface area (Å²) in [5, 5.41) is 4.20. The third-order valence-electron chi connectivity index (χ3n) is 4.83. The lowest BCUT2D eigenvalue weighted by Gasteiger charge is -2.14. The Bertz CT molecular complexity index is 1160. The molecule has 6 nitrogen and oxygen atoms in total. The Balaban J connectivity index is 1.69. The molecule has 152 valence electrons. The first-order valence-corrected chi connectivity index (χ1v) is 9.50. The molecule has 0 saturated carbocycles. The zero-order valence-electron chi connectivity index (χ0n) is 17.1. The summed E-state index contributed by atoms with van der Waals surface area (Å²) in [4.78, 5) is 15.2. The number of nitrogens with one attached hydrogen (secondary N) is 1. The van der Waals surface area contributed by atoms with E-state index < -0.39 is 0 Å². The van der Waals surface area contributed by atoms with Crippen molar-refractivity contribution >= 4 is 22.5 Å². The highest BCUT2D eigenvalue weighted by Gasteiger charge is 2.12. The van der Waals surface area contributed by atoms with Crippen molar-refractivity contribution in [2.24, 2.45) is 0 Å². The second-order valence-corrected chi connectivity index (χ2v) is 7.08. The number of hydrogen-bond acceptors (Lipinski definition) is 6. The van der Waals surface area contributed by atoms with E-state index in [4.69, 9.17) is 4.74 Å². The number of methoxy groups -OCH3 is 1. The second kappa shape index (κ2) is 8.32. The molecule has 0 amide bonds. The Morgan fingerprint density at radius 3 is 2.43 bits per heavy atom. The Morgan fingerprint density at radius 2 is 1.77 bits per heavy atom. The van der Waals surface area contributed by atoms with Gasteiger partial charge in [-0.25, -0.2) is 19.3 Å². The van der Waals surface area contributed by atoms with Gasteiger partial charge < -0.3 is 15.0 Å². The summed E-state index contributed by atoms with van der Waals surface area (Å²) in [7, 11) is 5.52. The molecule has 0 spiro atoms. The molecule has 0 aliphatic rings. The van der Waals surface area contributed by atoms with Crippen LogP contribution in [0.4, 0.5) is 16.0 Å². The SMILES string of the molecule is COc1cc(-c2ccc(F)cc2)cc2c(NCc3ccc(N(C)C)nc3)ncnc12. The van der Waals surface area contributed by atoms with Gasteiger partial charge in [0.15, 0.2) is 0 Å². The van der Waals surface area contributed by atoms with Crippen LogP contribution in [0.2, 0.25) is 0 Å². The van der Waals surface area contributed by atoms with E-state index in [0.29, 0.717) is 23.6 Å². The minimum atomic E-state index is -0.272. The molecule has 4 rings (SSSR count). The van der Waals surface area contributed by atoms with Crippen LogP contribution >= 0.6 is 0 Å². The van der Waals surface area contributed by atoms with Gasteiger partial charge in [-0.2, -0.15) is 0 Å². The van der Waals surface area contributed by atoms with Crippen molar-refractivity contribution < 1.29 is 9.13 Å². The van der Waals surface area contributed by atoms with Gasteiger partial charge in [0, 0.05) is 32.2 Å². The maximum atomic E-state index is 13.3. The summed E-state index contributed by atoms with van der Waals surface area (Å²) in [6, 6.07) is 14.3. The highest BCUT2D eigenvalue weighted by atomic mass is 19.1. The number of halogens is 1. The minimum absolute atomic E-state index is 0.272. The van der Waals surface area contributed by atoms with Gasteiger partial charge in [0.25, 0.3) is 0 Å². The van der Waals surface area contributed by atoms with Crippen LogP contribution in [0.15, 0.2) is 61.1 Å². The number of fused-ring (bicyclic) bond motifs is 1. The predicted molar refractivity (Wildman–Crippen MR) is 117 cm³/mol. The molecule has 0 radical (unpaired) electrons. The lowest BCUT2D eigenvalue weighted by Crippen LogP contribution is -2.11. The quantitative estimate of drug-likeness (QED) is 0.511. The second-order valence-electron chi connectivity index (χ2n) is 7.08. The van der Waals surface area contributed by atoms with Crippen molar-refractivity contribution in [3.05, 3.63) is 72.4 Å². The Hall–Kier alpha value is -3.74. The van der Waals surface area contributed by atoms with Crippen molar-refractivity contribution in [3.63, 3.8) is 0 Å². The van der Waals surface area contributed by atoms with Crippen molar-refractivity contribution in [1.82, 2.24) is 15.0 Å². The number of aromatic nitrogens is 3. The van der Waals surface area contributed by atoms with Gasteiger partial charge in [0.2, 0.25) is 0 Å². The van der Waals surface area contributed by atoms with Crippen LogP contribution in [0.5, 0.6) is 5.75 Å². The Labute approximate surface area is 174 Å². The fourth-order valence-electron chi connectivity index (χ4n) is 3.21. The molecule has 30 heavy (non-hydrogen) atoms. The summed E-state index contributed by atoms with van der Waals surface area (Å²) < 4.78 is 18.9. The lowest BCUT2D eigenvalue weighted by molar-refractivity contribution is 0.419. The summed E-state index contributed by atoms with van der Waals surface area (Å²) in [6.45, 7) is 0.565. The first kappa shape index (κ1) is 19.6. The molecule has 2 heterocycles. The van der Waals surface area contributed by atoms with Crippen LogP contribution in [0, 0.1) is 5.82 Å². The number of anilines is 2. The smallest absolute Gasteiger partial charge is 0.145 e. The summed E-state index contributed by atoms with van der Waals surface area (Å²) >= 11 is 0. The molecular weight excluding hydrogens is 381 g/mol. The molecule has 0 atom stereocenters. The maximum absolute atomic E-state index is 13.3. The largest absolute Gasteiger partial charge is 0.494 e. The fourth-order valence-corrected chi connectivity index (χ4v) is 3.21. The summed E-state index contributed by atoms with van der Waals surface area (Å²) in [5.74, 6) is 1.96. The number of rotatable bonds is 6. The predicted octanol–water partition coefficient (Wildman–Crippen LogP) is 4.52. The zero-order chi connectivity index (χ0) is 21.1. The van der Waals surface area contributed by atoms with E-state index in [2.05, 4.69) is 20.3 Å². The molecule has 0 unspecified atom stereocenters. The van der Waals surface area contributed by atoms with E-state index in [1.165, 1.54) is 18.5 Å². The number of pyridine rings is 1. The summed E-state index contributed by atoms with van der Waals surface area (Å²) in [5.41, 5.74) is 3.53. The van der Waals surface area contributed by atoms with Crippen molar-refractivity contribution in [1.29, 1.82) is 0 Å². The first-order chi connectivity index (χ1) is 14.5. The van der Waals surface area contributed by atoms with Crippen molar-refractivity contribution in [2.75, 3.05) is 31.4 Å². The van der Waals surface area contributed by atoms with E-state index in [-0.39, 0.29) is 5.82 Å². The van der Waals surface area contributed by atoms with Crippen LogP contribution in [0.25, 0.3) is 22.0 Å². The molecule has 2 aromatic carbocycles. The van der Waals surface area contributed by atoms with E-state index in [1.54, 1.807) is 19.2 Å². The molecule has 0 saturated heterocycles. The average molecular weight is 403 g/mol. The van der Waals surface area contributed by atoms with Crippen LogP contribution in [0.3, 0.4) is 0 Å². The molecule has 7 heteroatoms. The highest BCUT2D eigenvalue weighted by molar-refractivity contribution is 5.96. The molecule has 0 aliphatic heterocycles. The molecule has 4 aromatic rings. The van der Waals surface area contributed by atoms with Gasteiger partial charge in [-0.05, 0) is 47.0 Å². The van der Waals surface area contributed by atoms with Gasteiger partial charge in [0.05, 0.1) is 7.11 Å². The van der Waals surface area contributed by atoms with Gasteiger partial charge in [-0.3, -0.25) is 0 Å². The van der Waals surface area contributed by atoms with E-state index >= 15 is 0 Å². The third kappa shape index (κ3) is 4.00. The Morgan fingerprint density at radius 1 is 0.967 bits per heavy atom. The number of ether oxygens (including phenoxy) is 1. The first-order valence-electron chi connectivity index (χ1n) is 9.50. The third-order valence-corrected chi connectivity index (χ3v) is 4.83. The van der Waals surface area contributed by atoms with Crippen LogP contribution < -0.4 is 15.0 Å². The van der Waals surface area contributed by atoms with Gasteiger partial charge in [-0.15, -0.1) is 0 Å². The van der Waals surface area contributed by atoms with Gasteiger partial charge in [0.1, 0.15) is 35.0 Å². The average Bonchev–Trinajstić information content (AvgIpc) is 2.77. The normalized spacial score (nSPS) is 10.8. The maximum Gasteiger partial charge on any atom is 0.145 e. The highest BCUT2D eigenvalue weighted by Crippen LogP contribution is 2.34. The lowest BCUT2D eigenvalue weighted by atomic mass is 10.0. The molecule has 0 fully saturated rings. The number of benzene rings is 2. The summed E-state index contributed by atoms with van der Waals surface area (Å²) in [6.07, 6.45) is 3.36. The van der Waals surface area contributed by atoms with Gasteiger partial charge in [-0.1, -0.05) is 18.2 Å². The molecule has 0 aliphatic carbocycles. The standard InChI is InChI=1S/C23H22FN5O/c1-29(2)21-9-4-15(12-25-21)13-26-23-19-10-17(16-5-7-18(24)8-6-16)11-20(30-3)22(19)27-14-28-23/h4-12,14H,13H2,1-3H3,(H,26,27,28). The van der Waals surface area contributed by atoms with Crippen LogP contribution in [0.1, 0.15) is 5.56 Å². The monoisotopic (exact) mass is 403 g/mol. The van der Waals surface area contributed by atoms with E-state index in [1.807, 2.05) is 49.5 Å². The van der Waals surface area contributed by atoms with Crippen molar-refractivity contribution in [3.8, 4) is 16.9 Å². The fraction of sp³-hybridized carbons (Fsp3) is 0.174. The molecule has 2 aromatic heterocycles. The molecule has 0 bridgehead atoms. The topological polar surface area (TPSA) is 63.2 Å². The van der Waals surface area contributed by atoms with E-state index in [0.717, 1.165) is 27.9 Å².